The molecule has 0 aromatic carbocycles. The van der Waals surface area contributed by atoms with Crippen molar-refractivity contribution in [2.24, 2.45) is 0 Å². The molecule has 0 aromatic rings. The Bertz CT molecular complexity index is 1180. The number of esters is 1. The van der Waals surface area contributed by atoms with Crippen LogP contribution in [0.1, 0.15) is 412 Å². The fraction of sp³-hybridized carbons (Fsp3) is 0.944. The van der Waals surface area contributed by atoms with Gasteiger partial charge in [-0.15, -0.1) is 0 Å². The van der Waals surface area contributed by atoms with Crippen LogP contribution in [0, 0.1) is 0 Å². The smallest absolute Gasteiger partial charge is 0.305 e. The van der Waals surface area contributed by atoms with Gasteiger partial charge in [0.15, 0.2) is 0 Å². The molecule has 0 saturated heterocycles. The Morgan fingerprint density at radius 3 is 0.872 bits per heavy atom. The van der Waals surface area contributed by atoms with Crippen molar-refractivity contribution < 1.29 is 24.5 Å². The van der Waals surface area contributed by atoms with Gasteiger partial charge >= 0.3 is 5.97 Å². The lowest BCUT2D eigenvalue weighted by Crippen LogP contribution is -2.45. The lowest BCUT2D eigenvalue weighted by Gasteiger charge is -2.20. The predicted octanol–water partition coefficient (Wildman–Crippen LogP) is 23.1. The van der Waals surface area contributed by atoms with Gasteiger partial charge in [-0.1, -0.05) is 379 Å². The standard InChI is InChI=1S/C72H141NO5/c1-3-5-7-9-11-13-15-17-18-38-41-44-48-52-56-60-64-70(75)69(68-74)73-71(76)65-61-57-53-49-45-42-39-36-34-32-30-28-26-24-22-20-19-21-23-25-27-29-31-33-35-37-40-43-47-51-55-59-63-67-78-72(77)66-62-58-54-50-46-16-14-12-10-8-6-4-2/h60,64,69-70,74-75H,3-59,61-63,65-68H2,1-2H3,(H,73,76)/b64-60+. The van der Waals surface area contributed by atoms with Crippen LogP contribution in [-0.4, -0.2) is 47.4 Å². The molecule has 0 rings (SSSR count). The van der Waals surface area contributed by atoms with E-state index in [1.54, 1.807) is 6.08 Å². The van der Waals surface area contributed by atoms with Crippen molar-refractivity contribution in [1.82, 2.24) is 5.32 Å². The lowest BCUT2D eigenvalue weighted by molar-refractivity contribution is -0.143. The van der Waals surface area contributed by atoms with Gasteiger partial charge in [-0.05, 0) is 32.1 Å². The lowest BCUT2D eigenvalue weighted by atomic mass is 10.0. The Hall–Kier alpha value is -1.40. The molecular weight excluding hydrogens is 959 g/mol. The molecule has 1 amide bonds. The van der Waals surface area contributed by atoms with E-state index in [0.29, 0.717) is 19.4 Å². The van der Waals surface area contributed by atoms with Crippen LogP contribution in [0.2, 0.25) is 0 Å². The van der Waals surface area contributed by atoms with Crippen molar-refractivity contribution in [1.29, 1.82) is 0 Å². The maximum atomic E-state index is 12.5. The van der Waals surface area contributed by atoms with E-state index in [1.807, 2.05) is 6.08 Å². The number of unbranched alkanes of at least 4 members (excludes halogenated alkanes) is 57. The third kappa shape index (κ3) is 63.8. The van der Waals surface area contributed by atoms with E-state index >= 15 is 0 Å². The Morgan fingerprint density at radius 1 is 0.346 bits per heavy atom. The second-order valence-corrected chi connectivity index (χ2v) is 24.9. The highest BCUT2D eigenvalue weighted by Crippen LogP contribution is 2.19. The monoisotopic (exact) mass is 1100 g/mol. The van der Waals surface area contributed by atoms with Crippen LogP contribution in [0.15, 0.2) is 12.2 Å². The average Bonchev–Trinajstić information content (AvgIpc) is 3.44. The molecule has 2 unspecified atom stereocenters. The second kappa shape index (κ2) is 68.1. The molecule has 0 bridgehead atoms. The Morgan fingerprint density at radius 2 is 0.590 bits per heavy atom. The summed E-state index contributed by atoms with van der Waals surface area (Å²) in [6.07, 6.45) is 84.5. The molecule has 78 heavy (non-hydrogen) atoms. The maximum Gasteiger partial charge on any atom is 0.305 e. The number of hydrogen-bond donors (Lipinski definition) is 3. The number of amides is 1. The number of aliphatic hydroxyl groups is 2. The molecule has 0 spiro atoms. The molecule has 0 saturated carbocycles. The zero-order valence-corrected chi connectivity index (χ0v) is 53.2. The van der Waals surface area contributed by atoms with E-state index in [1.165, 1.54) is 347 Å². The first kappa shape index (κ1) is 76.6. The van der Waals surface area contributed by atoms with E-state index in [0.717, 1.165) is 38.5 Å². The van der Waals surface area contributed by atoms with E-state index in [-0.39, 0.29) is 18.5 Å². The van der Waals surface area contributed by atoms with Crippen LogP contribution in [-0.2, 0) is 14.3 Å². The number of carbonyl (C=O) groups excluding carboxylic acids is 2. The molecule has 0 aliphatic heterocycles. The van der Waals surface area contributed by atoms with E-state index in [9.17, 15) is 19.8 Å². The van der Waals surface area contributed by atoms with Crippen LogP contribution in [0.25, 0.3) is 0 Å². The maximum absolute atomic E-state index is 12.5. The average molecular weight is 1100 g/mol. The van der Waals surface area contributed by atoms with Gasteiger partial charge in [-0.25, -0.2) is 0 Å². The summed E-state index contributed by atoms with van der Waals surface area (Å²) in [6.45, 7) is 4.95. The summed E-state index contributed by atoms with van der Waals surface area (Å²) in [7, 11) is 0. The fourth-order valence-electron chi connectivity index (χ4n) is 11.6. The minimum atomic E-state index is -0.840. The fourth-order valence-corrected chi connectivity index (χ4v) is 11.6. The van der Waals surface area contributed by atoms with Crippen molar-refractivity contribution in [3.63, 3.8) is 0 Å². The molecular formula is C72H141NO5. The van der Waals surface area contributed by atoms with Crippen LogP contribution in [0.5, 0.6) is 0 Å². The zero-order chi connectivity index (χ0) is 56.4. The second-order valence-electron chi connectivity index (χ2n) is 24.9. The minimum Gasteiger partial charge on any atom is -0.466 e. The third-order valence-electron chi connectivity index (χ3n) is 17.1. The number of allylic oxidation sites excluding steroid dienone is 1. The number of aliphatic hydroxyl groups excluding tert-OH is 2. The van der Waals surface area contributed by atoms with Crippen LogP contribution in [0.3, 0.4) is 0 Å². The van der Waals surface area contributed by atoms with Crippen molar-refractivity contribution >= 4 is 11.9 Å². The predicted molar refractivity (Wildman–Crippen MR) is 343 cm³/mol. The highest BCUT2D eigenvalue weighted by Gasteiger charge is 2.18. The number of carbonyl (C=O) groups is 2. The summed E-state index contributed by atoms with van der Waals surface area (Å²) in [4.78, 5) is 24.5. The molecule has 0 aliphatic carbocycles. The van der Waals surface area contributed by atoms with Crippen molar-refractivity contribution in [2.75, 3.05) is 13.2 Å². The van der Waals surface area contributed by atoms with Gasteiger partial charge in [0.05, 0.1) is 25.4 Å². The molecule has 6 heteroatoms. The minimum absolute atomic E-state index is 0.0230. The number of ether oxygens (including phenoxy) is 1. The normalized spacial score (nSPS) is 12.5. The molecule has 0 aromatic heterocycles. The number of rotatable bonds is 68. The summed E-state index contributed by atoms with van der Waals surface area (Å²) in [6, 6.07) is -0.623. The highest BCUT2D eigenvalue weighted by atomic mass is 16.5. The molecule has 3 N–H and O–H groups in total. The van der Waals surface area contributed by atoms with Crippen molar-refractivity contribution in [3.8, 4) is 0 Å². The summed E-state index contributed by atoms with van der Waals surface area (Å²) >= 11 is 0. The van der Waals surface area contributed by atoms with Gasteiger partial charge in [0.25, 0.3) is 0 Å². The first-order valence-corrected chi connectivity index (χ1v) is 36.0. The van der Waals surface area contributed by atoms with Gasteiger partial charge in [0.2, 0.25) is 5.91 Å². The molecule has 2 atom stereocenters. The summed E-state index contributed by atoms with van der Waals surface area (Å²) < 4.78 is 5.49. The molecule has 464 valence electrons. The Kier molecular flexibility index (Phi) is 66.9. The van der Waals surface area contributed by atoms with Gasteiger partial charge in [0.1, 0.15) is 0 Å². The van der Waals surface area contributed by atoms with Gasteiger partial charge in [-0.3, -0.25) is 9.59 Å². The SMILES string of the molecule is CCCCCCCCCCCCCCCC/C=C/C(O)C(CO)NC(=O)CCCCCCCCCCCCCCCCCCCCCCCCCCCCCCCCCCCOC(=O)CCCCCCCCCCCCCC. The number of nitrogens with one attached hydrogen (secondary N) is 1. The van der Waals surface area contributed by atoms with E-state index in [4.69, 9.17) is 4.74 Å². The van der Waals surface area contributed by atoms with Crippen LogP contribution >= 0.6 is 0 Å². The molecule has 0 radical (unpaired) electrons. The topological polar surface area (TPSA) is 95.9 Å². The van der Waals surface area contributed by atoms with E-state index < -0.39 is 12.1 Å². The third-order valence-corrected chi connectivity index (χ3v) is 17.1. The first-order valence-electron chi connectivity index (χ1n) is 36.0. The molecule has 0 fully saturated rings. The van der Waals surface area contributed by atoms with E-state index in [2.05, 4.69) is 19.2 Å². The van der Waals surface area contributed by atoms with Crippen molar-refractivity contribution in [2.45, 2.75) is 424 Å². The van der Waals surface area contributed by atoms with Crippen molar-refractivity contribution in [3.05, 3.63) is 12.2 Å². The van der Waals surface area contributed by atoms with Crippen LogP contribution in [0.4, 0.5) is 0 Å². The summed E-state index contributed by atoms with van der Waals surface area (Å²) in [5, 5.41) is 23.2. The number of hydrogen-bond acceptors (Lipinski definition) is 5. The van der Waals surface area contributed by atoms with Gasteiger partial charge < -0.3 is 20.3 Å². The zero-order valence-electron chi connectivity index (χ0n) is 53.2. The molecule has 6 nitrogen and oxygen atoms in total. The van der Waals surface area contributed by atoms with Gasteiger partial charge in [-0.2, -0.15) is 0 Å². The summed E-state index contributed by atoms with van der Waals surface area (Å²) in [5.41, 5.74) is 0. The largest absolute Gasteiger partial charge is 0.466 e. The molecule has 0 heterocycles. The summed E-state index contributed by atoms with van der Waals surface area (Å²) in [5.74, 6) is -0.0368. The molecule has 0 aliphatic rings. The van der Waals surface area contributed by atoms with Crippen LogP contribution < -0.4 is 5.32 Å². The Balaban J connectivity index is 3.32. The quantitative estimate of drug-likeness (QED) is 0.0320. The Labute approximate surface area is 489 Å². The van der Waals surface area contributed by atoms with Gasteiger partial charge in [0, 0.05) is 12.8 Å². The first-order chi connectivity index (χ1) is 38.5. The highest BCUT2D eigenvalue weighted by molar-refractivity contribution is 5.76.